The summed E-state index contributed by atoms with van der Waals surface area (Å²) in [4.78, 5) is 39.8. The topological polar surface area (TPSA) is 69.7 Å². The van der Waals surface area contributed by atoms with Gasteiger partial charge in [-0.1, -0.05) is 29.8 Å². The number of nitrogens with one attached hydrogen (secondary N) is 1. The molecule has 0 saturated carbocycles. The Labute approximate surface area is 162 Å². The lowest BCUT2D eigenvalue weighted by atomic mass is 10.1. The zero-order chi connectivity index (χ0) is 20.4. The molecule has 7 heteroatoms. The van der Waals surface area contributed by atoms with E-state index in [2.05, 4.69) is 5.32 Å². The molecule has 0 aromatic heterocycles. The van der Waals surface area contributed by atoms with Gasteiger partial charge >= 0.3 is 6.03 Å². The highest BCUT2D eigenvalue weighted by atomic mass is 19.1. The van der Waals surface area contributed by atoms with E-state index < -0.39 is 23.9 Å². The quantitative estimate of drug-likeness (QED) is 0.807. The van der Waals surface area contributed by atoms with E-state index in [1.54, 1.807) is 38.1 Å². The zero-order valence-corrected chi connectivity index (χ0v) is 16.0. The van der Waals surface area contributed by atoms with Crippen molar-refractivity contribution in [3.8, 4) is 0 Å². The highest BCUT2D eigenvalue weighted by Gasteiger charge is 2.43. The van der Waals surface area contributed by atoms with Crippen molar-refractivity contribution in [2.75, 3.05) is 11.4 Å². The number of rotatable bonds is 5. The molecule has 6 nitrogen and oxygen atoms in total. The van der Waals surface area contributed by atoms with Gasteiger partial charge in [0.25, 0.3) is 5.91 Å². The number of carbonyl (C=O) groups excluding carboxylic acids is 3. The van der Waals surface area contributed by atoms with Crippen molar-refractivity contribution in [1.82, 2.24) is 10.2 Å². The van der Waals surface area contributed by atoms with E-state index in [-0.39, 0.29) is 18.9 Å². The van der Waals surface area contributed by atoms with E-state index in [9.17, 15) is 18.8 Å². The summed E-state index contributed by atoms with van der Waals surface area (Å²) in [7, 11) is 0. The van der Waals surface area contributed by atoms with Crippen molar-refractivity contribution < 1.29 is 18.8 Å². The number of amides is 4. The van der Waals surface area contributed by atoms with Crippen LogP contribution in [0.15, 0.2) is 42.5 Å². The second-order valence-corrected chi connectivity index (χ2v) is 6.95. The first-order valence-electron chi connectivity index (χ1n) is 9.01. The molecule has 1 unspecified atom stereocenters. The fourth-order valence-corrected chi connectivity index (χ4v) is 3.06. The highest BCUT2D eigenvalue weighted by Crippen LogP contribution is 2.25. The molecule has 4 amide bonds. The number of hydrogen-bond acceptors (Lipinski definition) is 3. The second-order valence-electron chi connectivity index (χ2n) is 6.95. The van der Waals surface area contributed by atoms with Crippen molar-refractivity contribution in [3.05, 3.63) is 65.0 Å². The zero-order valence-electron chi connectivity index (χ0n) is 16.0. The maximum absolute atomic E-state index is 13.6. The Balaban J connectivity index is 1.65. The summed E-state index contributed by atoms with van der Waals surface area (Å²) in [6, 6.07) is 10.7. The molecule has 0 aliphatic carbocycles. The van der Waals surface area contributed by atoms with Crippen LogP contribution in [0, 0.1) is 19.7 Å². The van der Waals surface area contributed by atoms with E-state index in [0.29, 0.717) is 16.8 Å². The Bertz CT molecular complexity index is 927. The normalized spacial score (nSPS) is 16.6. The maximum Gasteiger partial charge on any atom is 0.332 e. The van der Waals surface area contributed by atoms with Crippen LogP contribution in [0.2, 0.25) is 0 Å². The summed E-state index contributed by atoms with van der Waals surface area (Å²) < 4.78 is 13.6. The van der Waals surface area contributed by atoms with Crippen LogP contribution < -0.4 is 10.2 Å². The summed E-state index contributed by atoms with van der Waals surface area (Å²) in [5, 5.41) is 2.62. The van der Waals surface area contributed by atoms with Crippen LogP contribution in [-0.2, 0) is 16.1 Å². The number of urea groups is 1. The van der Waals surface area contributed by atoms with Gasteiger partial charge in [-0.3, -0.25) is 19.4 Å². The largest absolute Gasteiger partial charge is 0.350 e. The number of imide groups is 1. The average molecular weight is 383 g/mol. The van der Waals surface area contributed by atoms with Crippen LogP contribution in [0.25, 0.3) is 0 Å². The molecule has 1 aliphatic heterocycles. The van der Waals surface area contributed by atoms with Gasteiger partial charge < -0.3 is 5.32 Å². The number of aryl methyl sites for hydroxylation is 2. The number of halogens is 1. The van der Waals surface area contributed by atoms with Crippen LogP contribution in [0.4, 0.5) is 14.9 Å². The minimum absolute atomic E-state index is 0.115. The van der Waals surface area contributed by atoms with E-state index in [4.69, 9.17) is 0 Å². The number of hydrogen-bond donors (Lipinski definition) is 1. The molecule has 0 radical (unpaired) electrons. The van der Waals surface area contributed by atoms with Gasteiger partial charge in [-0.25, -0.2) is 9.18 Å². The monoisotopic (exact) mass is 383 g/mol. The molecule has 1 N–H and O–H groups in total. The molecular formula is C21H22FN3O3. The van der Waals surface area contributed by atoms with Crippen molar-refractivity contribution >= 4 is 23.5 Å². The molecule has 28 heavy (non-hydrogen) atoms. The third-order valence-corrected chi connectivity index (χ3v) is 4.79. The van der Waals surface area contributed by atoms with Crippen LogP contribution in [0.1, 0.15) is 23.6 Å². The van der Waals surface area contributed by atoms with Crippen molar-refractivity contribution in [2.45, 2.75) is 33.4 Å². The van der Waals surface area contributed by atoms with Crippen LogP contribution in [0.5, 0.6) is 0 Å². The Morgan fingerprint density at radius 1 is 1.11 bits per heavy atom. The lowest BCUT2D eigenvalue weighted by Crippen LogP contribution is -2.41. The second kappa shape index (κ2) is 7.80. The van der Waals surface area contributed by atoms with Crippen molar-refractivity contribution in [1.29, 1.82) is 0 Å². The van der Waals surface area contributed by atoms with E-state index in [1.807, 2.05) is 19.1 Å². The fourth-order valence-electron chi connectivity index (χ4n) is 3.06. The van der Waals surface area contributed by atoms with Gasteiger partial charge in [0.15, 0.2) is 0 Å². The Morgan fingerprint density at radius 2 is 1.79 bits per heavy atom. The van der Waals surface area contributed by atoms with Gasteiger partial charge in [-0.05, 0) is 50.1 Å². The molecule has 0 bridgehead atoms. The molecule has 2 aromatic carbocycles. The summed E-state index contributed by atoms with van der Waals surface area (Å²) in [6.45, 7) is 4.96. The average Bonchev–Trinajstić information content (AvgIpc) is 2.87. The number of carbonyl (C=O) groups is 3. The Morgan fingerprint density at radius 3 is 2.43 bits per heavy atom. The van der Waals surface area contributed by atoms with Gasteiger partial charge in [-0.15, -0.1) is 0 Å². The predicted molar refractivity (Wildman–Crippen MR) is 103 cm³/mol. The van der Waals surface area contributed by atoms with Crippen LogP contribution in [0.3, 0.4) is 0 Å². The summed E-state index contributed by atoms with van der Waals surface area (Å²) >= 11 is 0. The summed E-state index contributed by atoms with van der Waals surface area (Å²) in [6.07, 6.45) is 0. The maximum atomic E-state index is 13.6. The molecule has 0 spiro atoms. The smallest absolute Gasteiger partial charge is 0.332 e. The van der Waals surface area contributed by atoms with E-state index >= 15 is 0 Å². The Hall–Kier alpha value is -3.22. The number of benzene rings is 2. The molecule has 1 saturated heterocycles. The van der Waals surface area contributed by atoms with Crippen molar-refractivity contribution in [3.63, 3.8) is 0 Å². The standard InChI is InChI=1S/C21H22FN3O3/c1-13-4-8-17(9-5-13)25-15(3)20(27)24(21(25)28)12-19(26)23-11-16-7-6-14(2)18(22)10-16/h4-10,15H,11-12H2,1-3H3,(H,23,26). The minimum Gasteiger partial charge on any atom is -0.350 e. The van der Waals surface area contributed by atoms with Crippen molar-refractivity contribution in [2.24, 2.45) is 0 Å². The third-order valence-electron chi connectivity index (χ3n) is 4.79. The molecular weight excluding hydrogens is 361 g/mol. The molecule has 1 atom stereocenters. The number of nitrogens with zero attached hydrogens (tertiary/aromatic N) is 2. The van der Waals surface area contributed by atoms with Crippen LogP contribution in [-0.4, -0.2) is 35.3 Å². The van der Waals surface area contributed by atoms with Crippen LogP contribution >= 0.6 is 0 Å². The van der Waals surface area contributed by atoms with E-state index in [0.717, 1.165) is 10.5 Å². The lowest BCUT2D eigenvalue weighted by Gasteiger charge is -2.19. The first-order chi connectivity index (χ1) is 13.3. The fraction of sp³-hybridized carbons (Fsp3) is 0.286. The first kappa shape index (κ1) is 19.5. The Kier molecular flexibility index (Phi) is 5.44. The summed E-state index contributed by atoms with van der Waals surface area (Å²) in [5.41, 5.74) is 2.77. The van der Waals surface area contributed by atoms with Gasteiger partial charge in [-0.2, -0.15) is 0 Å². The SMILES string of the molecule is Cc1ccc(N2C(=O)N(CC(=O)NCc3ccc(C)c(F)c3)C(=O)C2C)cc1. The molecule has 3 rings (SSSR count). The van der Waals surface area contributed by atoms with Gasteiger partial charge in [0.1, 0.15) is 18.4 Å². The van der Waals surface area contributed by atoms with Gasteiger partial charge in [0.05, 0.1) is 0 Å². The van der Waals surface area contributed by atoms with Gasteiger partial charge in [0.2, 0.25) is 5.91 Å². The van der Waals surface area contributed by atoms with E-state index in [1.165, 1.54) is 11.0 Å². The molecule has 1 heterocycles. The third kappa shape index (κ3) is 3.88. The summed E-state index contributed by atoms with van der Waals surface area (Å²) in [5.74, 6) is -1.26. The van der Waals surface area contributed by atoms with Gasteiger partial charge in [0, 0.05) is 12.2 Å². The number of anilines is 1. The minimum atomic E-state index is -0.686. The lowest BCUT2D eigenvalue weighted by molar-refractivity contribution is -0.131. The molecule has 2 aromatic rings. The first-order valence-corrected chi connectivity index (χ1v) is 9.01. The highest BCUT2D eigenvalue weighted by molar-refractivity contribution is 6.15. The molecule has 146 valence electrons. The molecule has 1 fully saturated rings. The predicted octanol–water partition coefficient (Wildman–Crippen LogP) is 2.92. The molecule has 1 aliphatic rings.